The van der Waals surface area contributed by atoms with E-state index < -0.39 is 6.10 Å². The second-order valence-electron chi connectivity index (χ2n) is 3.14. The van der Waals surface area contributed by atoms with Gasteiger partial charge in [0.25, 0.3) is 0 Å². The number of aliphatic hydroxyl groups excluding tert-OH is 1. The van der Waals surface area contributed by atoms with Crippen molar-refractivity contribution in [2.24, 2.45) is 0 Å². The average molecular weight is 173 g/mol. The van der Waals surface area contributed by atoms with E-state index in [1.54, 1.807) is 12.3 Å². The van der Waals surface area contributed by atoms with Gasteiger partial charge >= 0.3 is 0 Å². The number of nitrogens with zero attached hydrogens (tertiary/aromatic N) is 1. The lowest BCUT2D eigenvalue weighted by Gasteiger charge is -2.21. The maximum Gasteiger partial charge on any atom is 0.122 e. The smallest absolute Gasteiger partial charge is 0.122 e. The first-order valence-corrected chi connectivity index (χ1v) is 4.17. The minimum Gasteiger partial charge on any atom is -0.496 e. The molecular formula is C9H19NO2. The van der Waals surface area contributed by atoms with Gasteiger partial charge in [0.15, 0.2) is 0 Å². The van der Waals surface area contributed by atoms with Gasteiger partial charge < -0.3 is 14.7 Å². The van der Waals surface area contributed by atoms with Crippen LogP contribution in [-0.2, 0) is 4.74 Å². The summed E-state index contributed by atoms with van der Waals surface area (Å²) in [6, 6.07) is 0. The van der Waals surface area contributed by atoms with E-state index in [1.807, 2.05) is 32.8 Å². The van der Waals surface area contributed by atoms with Gasteiger partial charge in [0.05, 0.1) is 6.26 Å². The van der Waals surface area contributed by atoms with Crippen LogP contribution in [0.25, 0.3) is 0 Å². The molecule has 0 aliphatic rings. The van der Waals surface area contributed by atoms with Crippen molar-refractivity contribution in [2.75, 3.05) is 20.6 Å². The first kappa shape index (κ1) is 11.5. The second-order valence-corrected chi connectivity index (χ2v) is 3.14. The molecular weight excluding hydrogens is 154 g/mol. The molecule has 3 heteroatoms. The van der Waals surface area contributed by atoms with Crippen molar-refractivity contribution < 1.29 is 9.84 Å². The molecule has 0 saturated carbocycles. The van der Waals surface area contributed by atoms with Crippen molar-refractivity contribution in [1.82, 2.24) is 4.90 Å². The van der Waals surface area contributed by atoms with Gasteiger partial charge in [0.1, 0.15) is 12.2 Å². The van der Waals surface area contributed by atoms with Gasteiger partial charge in [-0.25, -0.2) is 0 Å². The third-order valence-corrected chi connectivity index (χ3v) is 1.52. The van der Waals surface area contributed by atoms with Gasteiger partial charge in [-0.2, -0.15) is 0 Å². The molecule has 0 saturated heterocycles. The van der Waals surface area contributed by atoms with Gasteiger partial charge in [-0.05, 0) is 27.9 Å². The molecule has 12 heavy (non-hydrogen) atoms. The van der Waals surface area contributed by atoms with E-state index in [0.717, 1.165) is 0 Å². The Labute approximate surface area is 74.6 Å². The molecule has 2 atom stereocenters. The number of rotatable bonds is 5. The standard InChI is InChI=1S/C9H19NO2/c1-5-6-12-8(2)9(11)7-10(3)4/h5-6,8-9,11H,7H2,1-4H3/b6-5+. The van der Waals surface area contributed by atoms with E-state index in [1.165, 1.54) is 0 Å². The number of likely N-dealkylation sites (N-methyl/N-ethyl adjacent to an activating group) is 1. The Morgan fingerprint density at radius 2 is 2.08 bits per heavy atom. The van der Waals surface area contributed by atoms with Gasteiger partial charge in [-0.15, -0.1) is 0 Å². The Bertz CT molecular complexity index is 134. The van der Waals surface area contributed by atoms with Crippen LogP contribution in [0.1, 0.15) is 13.8 Å². The van der Waals surface area contributed by atoms with Gasteiger partial charge in [0, 0.05) is 6.54 Å². The first-order chi connectivity index (χ1) is 5.57. The number of hydrogen-bond donors (Lipinski definition) is 1. The molecule has 0 fully saturated rings. The topological polar surface area (TPSA) is 32.7 Å². The molecule has 1 N–H and O–H groups in total. The summed E-state index contributed by atoms with van der Waals surface area (Å²) in [5, 5.41) is 9.51. The molecule has 0 aliphatic carbocycles. The van der Waals surface area contributed by atoms with Crippen LogP contribution in [-0.4, -0.2) is 42.9 Å². The van der Waals surface area contributed by atoms with Crippen LogP contribution in [0.5, 0.6) is 0 Å². The summed E-state index contributed by atoms with van der Waals surface area (Å²) in [7, 11) is 3.84. The molecule has 0 heterocycles. The maximum absolute atomic E-state index is 9.51. The number of hydrogen-bond acceptors (Lipinski definition) is 3. The first-order valence-electron chi connectivity index (χ1n) is 4.17. The summed E-state index contributed by atoms with van der Waals surface area (Å²) < 4.78 is 5.20. The highest BCUT2D eigenvalue weighted by Crippen LogP contribution is 2.00. The van der Waals surface area contributed by atoms with E-state index in [2.05, 4.69) is 0 Å². The Hall–Kier alpha value is -0.540. The zero-order valence-electron chi connectivity index (χ0n) is 8.32. The molecule has 3 nitrogen and oxygen atoms in total. The molecule has 0 bridgehead atoms. The van der Waals surface area contributed by atoms with Gasteiger partial charge in [0.2, 0.25) is 0 Å². The Morgan fingerprint density at radius 3 is 2.50 bits per heavy atom. The fourth-order valence-electron chi connectivity index (χ4n) is 0.816. The third-order valence-electron chi connectivity index (χ3n) is 1.52. The predicted molar refractivity (Wildman–Crippen MR) is 49.9 cm³/mol. The highest BCUT2D eigenvalue weighted by atomic mass is 16.5. The molecule has 2 unspecified atom stereocenters. The summed E-state index contributed by atoms with van der Waals surface area (Å²) >= 11 is 0. The summed E-state index contributed by atoms with van der Waals surface area (Å²) in [6.07, 6.45) is 2.82. The fraction of sp³-hybridized carbons (Fsp3) is 0.778. The normalized spacial score (nSPS) is 16.8. The minimum absolute atomic E-state index is 0.149. The lowest BCUT2D eigenvalue weighted by Crippen LogP contribution is -2.34. The number of allylic oxidation sites excluding steroid dienone is 1. The third kappa shape index (κ3) is 5.16. The highest BCUT2D eigenvalue weighted by Gasteiger charge is 2.14. The molecule has 0 amide bonds. The van der Waals surface area contributed by atoms with Crippen molar-refractivity contribution >= 4 is 0 Å². The van der Waals surface area contributed by atoms with E-state index in [9.17, 15) is 5.11 Å². The molecule has 0 aromatic heterocycles. The van der Waals surface area contributed by atoms with E-state index in [4.69, 9.17) is 4.74 Å². The van der Waals surface area contributed by atoms with Crippen LogP contribution in [0.15, 0.2) is 12.3 Å². The van der Waals surface area contributed by atoms with Crippen LogP contribution in [0.3, 0.4) is 0 Å². The lowest BCUT2D eigenvalue weighted by atomic mass is 10.2. The SMILES string of the molecule is C/C=C/OC(C)C(O)CN(C)C. The Balaban J connectivity index is 3.68. The zero-order valence-corrected chi connectivity index (χ0v) is 8.32. The monoisotopic (exact) mass is 173 g/mol. The summed E-state index contributed by atoms with van der Waals surface area (Å²) in [5.74, 6) is 0. The summed E-state index contributed by atoms with van der Waals surface area (Å²) in [5.41, 5.74) is 0. The minimum atomic E-state index is -0.434. The van der Waals surface area contributed by atoms with Crippen LogP contribution in [0.4, 0.5) is 0 Å². The molecule has 0 rings (SSSR count). The number of aliphatic hydroxyl groups is 1. The van der Waals surface area contributed by atoms with Crippen LogP contribution < -0.4 is 0 Å². The van der Waals surface area contributed by atoms with Crippen LogP contribution in [0.2, 0.25) is 0 Å². The average Bonchev–Trinajstić information content (AvgIpc) is 1.98. The molecule has 72 valence electrons. The van der Waals surface area contributed by atoms with Crippen LogP contribution >= 0.6 is 0 Å². The second kappa shape index (κ2) is 6.03. The molecule has 0 aromatic rings. The van der Waals surface area contributed by atoms with Crippen molar-refractivity contribution in [3.63, 3.8) is 0 Å². The van der Waals surface area contributed by atoms with Gasteiger partial charge in [-0.3, -0.25) is 0 Å². The van der Waals surface area contributed by atoms with E-state index >= 15 is 0 Å². The number of ether oxygens (including phenoxy) is 1. The predicted octanol–water partition coefficient (Wildman–Crippen LogP) is 0.848. The van der Waals surface area contributed by atoms with E-state index in [-0.39, 0.29) is 6.10 Å². The van der Waals surface area contributed by atoms with Crippen LogP contribution in [0, 0.1) is 0 Å². The maximum atomic E-state index is 9.51. The Morgan fingerprint density at radius 1 is 1.50 bits per heavy atom. The zero-order chi connectivity index (χ0) is 9.56. The van der Waals surface area contributed by atoms with Crippen molar-refractivity contribution in [1.29, 1.82) is 0 Å². The van der Waals surface area contributed by atoms with Crippen molar-refractivity contribution in [3.05, 3.63) is 12.3 Å². The quantitative estimate of drug-likeness (QED) is 0.626. The van der Waals surface area contributed by atoms with Crippen molar-refractivity contribution in [2.45, 2.75) is 26.1 Å². The molecule has 0 aliphatic heterocycles. The fourth-order valence-corrected chi connectivity index (χ4v) is 0.816. The molecule has 0 spiro atoms. The largest absolute Gasteiger partial charge is 0.496 e. The van der Waals surface area contributed by atoms with Crippen molar-refractivity contribution in [3.8, 4) is 0 Å². The molecule has 0 radical (unpaired) electrons. The summed E-state index contributed by atoms with van der Waals surface area (Å²) in [6.45, 7) is 4.36. The molecule has 0 aromatic carbocycles. The highest BCUT2D eigenvalue weighted by molar-refractivity contribution is 4.72. The Kier molecular flexibility index (Phi) is 5.76. The van der Waals surface area contributed by atoms with Gasteiger partial charge in [-0.1, -0.05) is 6.08 Å². The lowest BCUT2D eigenvalue weighted by molar-refractivity contribution is 0.00685. The van der Waals surface area contributed by atoms with E-state index in [0.29, 0.717) is 6.54 Å². The summed E-state index contributed by atoms with van der Waals surface area (Å²) in [4.78, 5) is 1.93.